The maximum atomic E-state index is 13.7. The van der Waals surface area contributed by atoms with E-state index in [9.17, 15) is 24.6 Å². The predicted molar refractivity (Wildman–Crippen MR) is 268 cm³/mol. The Morgan fingerprint density at radius 2 is 1.12 bits per heavy atom. The molecule has 0 spiro atoms. The average Bonchev–Trinajstić information content (AvgIpc) is 3.32. The van der Waals surface area contributed by atoms with Crippen LogP contribution in [0.15, 0.2) is 73.0 Å². The Kier molecular flexibility index (Phi) is 16.8. The molecule has 0 bridgehead atoms. The van der Waals surface area contributed by atoms with E-state index in [0.29, 0.717) is 54.2 Å². The fraction of sp³-hybridized carbons (Fsp3) is 0.509. The first-order chi connectivity index (χ1) is 33.0. The van der Waals surface area contributed by atoms with Gasteiger partial charge in [0, 0.05) is 46.1 Å². The molecule has 4 atom stereocenters. The Morgan fingerprint density at radius 3 is 1.69 bits per heavy atom. The highest BCUT2D eigenvalue weighted by atomic mass is 16.5. The number of aliphatic hydroxyl groups excluding tert-OH is 2. The summed E-state index contributed by atoms with van der Waals surface area (Å²) in [6, 6.07) is 19.3. The minimum Gasteiger partial charge on any atom is -0.466 e. The molecular formula is C55H70N4O9. The zero-order valence-corrected chi connectivity index (χ0v) is 40.3. The van der Waals surface area contributed by atoms with Crippen LogP contribution in [0.2, 0.25) is 0 Å². The highest BCUT2D eigenvalue weighted by Crippen LogP contribution is 2.56. The number of hydrogen-bond acceptors (Lipinski definition) is 13. The number of carbonyl (C=O) groups excluding carboxylic acids is 3. The van der Waals surface area contributed by atoms with Gasteiger partial charge in [0.1, 0.15) is 18.5 Å². The molecule has 2 heterocycles. The van der Waals surface area contributed by atoms with Gasteiger partial charge >= 0.3 is 17.9 Å². The van der Waals surface area contributed by atoms with Crippen LogP contribution >= 0.6 is 0 Å². The molecule has 0 saturated heterocycles. The SMILES string of the molecule is C=C(OC(=O)CCCCC)C1(CC(=O)OCCCCC)Nc2cccc3ccc(C4C(O)C(c5ccc6cccc7c6c5NC(C#COCCCCC)(CC(=O)OCCCCC)N7)C4O)c(c23)N1. The molecule has 13 nitrogen and oxygen atoms in total. The molecule has 68 heavy (non-hydrogen) atoms. The van der Waals surface area contributed by atoms with Crippen LogP contribution in [0, 0.1) is 12.0 Å². The second-order valence-corrected chi connectivity index (χ2v) is 18.6. The van der Waals surface area contributed by atoms with E-state index < -0.39 is 53.3 Å². The number of unbranched alkanes of at least 4 members (excludes halogenated alkanes) is 8. The standard InChI is InChI=1S/C55H70N4O9/c1-6-10-14-24-43(60)68-36(5)55(35-45(62)67-32-17-13-9-4)57-42-23-19-21-38-26-28-40(51(59-55)47(38)42)49-52(63)48(53(49)64)39-27-25-37-20-18-22-41-46(37)50(39)58-54(56-41,29-33-65-30-15-11-7-2)34-44(61)66-31-16-12-8-3/h18-23,25-28,48-49,52-53,56-59,63-64H,5-17,24,30-32,34-35H2,1-4H3. The summed E-state index contributed by atoms with van der Waals surface area (Å²) < 4.78 is 23.1. The molecule has 1 fully saturated rings. The lowest BCUT2D eigenvalue weighted by Crippen LogP contribution is -2.55. The number of hydrogen-bond donors (Lipinski definition) is 6. The first-order valence-corrected chi connectivity index (χ1v) is 24.9. The molecule has 7 rings (SSSR count). The van der Waals surface area contributed by atoms with E-state index in [-0.39, 0.29) is 31.6 Å². The lowest BCUT2D eigenvalue weighted by atomic mass is 9.62. The summed E-state index contributed by atoms with van der Waals surface area (Å²) in [5.41, 5.74) is 0.969. The lowest BCUT2D eigenvalue weighted by molar-refractivity contribution is -0.146. The predicted octanol–water partition coefficient (Wildman–Crippen LogP) is 10.7. The van der Waals surface area contributed by atoms with Gasteiger partial charge in [0.05, 0.1) is 44.0 Å². The van der Waals surface area contributed by atoms with Crippen molar-refractivity contribution >= 4 is 62.2 Å². The number of benzene rings is 4. The van der Waals surface area contributed by atoms with Crippen molar-refractivity contribution in [3.05, 3.63) is 84.1 Å². The molecule has 2 aliphatic heterocycles. The van der Waals surface area contributed by atoms with Crippen molar-refractivity contribution in [2.24, 2.45) is 0 Å². The third kappa shape index (κ3) is 11.0. The number of esters is 3. The zero-order valence-electron chi connectivity index (χ0n) is 40.3. The van der Waals surface area contributed by atoms with Crippen LogP contribution in [-0.4, -0.2) is 71.5 Å². The molecule has 0 radical (unpaired) electrons. The third-order valence-electron chi connectivity index (χ3n) is 13.4. The number of anilines is 4. The van der Waals surface area contributed by atoms with Gasteiger partial charge in [-0.05, 0) is 65.6 Å². The fourth-order valence-electron chi connectivity index (χ4n) is 9.74. The quantitative estimate of drug-likeness (QED) is 0.0129. The zero-order chi connectivity index (χ0) is 48.3. The third-order valence-corrected chi connectivity index (χ3v) is 13.4. The van der Waals surface area contributed by atoms with Gasteiger partial charge in [0.2, 0.25) is 0 Å². The minimum atomic E-state index is -1.53. The summed E-state index contributed by atoms with van der Waals surface area (Å²) in [5, 5.41) is 42.4. The van der Waals surface area contributed by atoms with Crippen molar-refractivity contribution in [2.75, 3.05) is 41.1 Å². The van der Waals surface area contributed by atoms with Gasteiger partial charge in [-0.1, -0.05) is 134 Å². The number of aliphatic hydroxyl groups is 2. The highest BCUT2D eigenvalue weighted by molar-refractivity contribution is 6.09. The summed E-state index contributed by atoms with van der Waals surface area (Å²) in [6.45, 7) is 13.6. The van der Waals surface area contributed by atoms with E-state index in [0.717, 1.165) is 91.4 Å². The smallest absolute Gasteiger partial charge is 0.311 e. The van der Waals surface area contributed by atoms with Gasteiger partial charge in [0.15, 0.2) is 11.3 Å². The summed E-state index contributed by atoms with van der Waals surface area (Å²) in [6.07, 6.45) is 11.1. The molecule has 364 valence electrons. The van der Waals surface area contributed by atoms with E-state index in [1.807, 2.05) is 60.7 Å². The van der Waals surface area contributed by atoms with Crippen LogP contribution in [0.4, 0.5) is 22.7 Å². The summed E-state index contributed by atoms with van der Waals surface area (Å²) in [4.78, 5) is 40.4. The average molecular weight is 931 g/mol. The molecule has 4 aromatic rings. The second-order valence-electron chi connectivity index (χ2n) is 18.6. The lowest BCUT2D eigenvalue weighted by Gasteiger charge is -2.50. The van der Waals surface area contributed by atoms with Gasteiger partial charge in [0.25, 0.3) is 0 Å². The first-order valence-electron chi connectivity index (χ1n) is 24.9. The highest BCUT2D eigenvalue weighted by Gasteiger charge is 2.54. The molecule has 3 aliphatic rings. The van der Waals surface area contributed by atoms with Crippen LogP contribution in [0.1, 0.15) is 147 Å². The topological polar surface area (TPSA) is 177 Å². The van der Waals surface area contributed by atoms with Crippen molar-refractivity contribution in [1.82, 2.24) is 0 Å². The largest absolute Gasteiger partial charge is 0.466 e. The van der Waals surface area contributed by atoms with Crippen LogP contribution in [0.5, 0.6) is 0 Å². The summed E-state index contributed by atoms with van der Waals surface area (Å²) in [5.74, 6) is 0.237. The summed E-state index contributed by atoms with van der Waals surface area (Å²) in [7, 11) is 0. The van der Waals surface area contributed by atoms with E-state index >= 15 is 0 Å². The minimum absolute atomic E-state index is 0.00285. The summed E-state index contributed by atoms with van der Waals surface area (Å²) >= 11 is 0. The van der Waals surface area contributed by atoms with Gasteiger partial charge < -0.3 is 50.4 Å². The maximum Gasteiger partial charge on any atom is 0.311 e. The van der Waals surface area contributed by atoms with Gasteiger partial charge in [-0.15, -0.1) is 0 Å². The van der Waals surface area contributed by atoms with Crippen LogP contribution in [0.3, 0.4) is 0 Å². The first kappa shape index (κ1) is 49.9. The molecule has 4 unspecified atom stereocenters. The number of nitrogens with one attached hydrogen (secondary N) is 4. The van der Waals surface area contributed by atoms with Crippen LogP contribution in [-0.2, 0) is 33.3 Å². The van der Waals surface area contributed by atoms with Gasteiger partial charge in [-0.25, -0.2) is 0 Å². The Balaban J connectivity index is 1.23. The molecule has 1 saturated carbocycles. The Bertz CT molecular complexity index is 2510. The molecule has 1 aliphatic carbocycles. The number of rotatable bonds is 24. The normalized spacial score (nSPS) is 22.0. The monoisotopic (exact) mass is 931 g/mol. The molecule has 13 heteroatoms. The Morgan fingerprint density at radius 1 is 0.603 bits per heavy atom. The second kappa shape index (κ2) is 22.9. The molecule has 0 amide bonds. The van der Waals surface area contributed by atoms with Crippen LogP contribution < -0.4 is 21.3 Å². The maximum absolute atomic E-state index is 13.7. The van der Waals surface area contributed by atoms with Gasteiger partial charge in [-0.3, -0.25) is 14.4 Å². The number of ether oxygens (including phenoxy) is 4. The molecule has 0 aromatic heterocycles. The van der Waals surface area contributed by atoms with E-state index in [2.05, 4.69) is 67.6 Å². The van der Waals surface area contributed by atoms with Crippen molar-refractivity contribution in [2.45, 2.75) is 159 Å². The fourth-order valence-corrected chi connectivity index (χ4v) is 9.74. The molecular weight excluding hydrogens is 861 g/mol. The van der Waals surface area contributed by atoms with Crippen molar-refractivity contribution in [3.63, 3.8) is 0 Å². The van der Waals surface area contributed by atoms with Gasteiger partial charge in [-0.2, -0.15) is 0 Å². The Labute approximate surface area is 401 Å². The van der Waals surface area contributed by atoms with E-state index in [1.54, 1.807) is 0 Å². The molecule has 6 N–H and O–H groups in total. The van der Waals surface area contributed by atoms with E-state index in [4.69, 9.17) is 18.9 Å². The Hall–Kier alpha value is -5.97. The van der Waals surface area contributed by atoms with E-state index in [1.165, 1.54) is 0 Å². The van der Waals surface area contributed by atoms with Crippen LogP contribution in [0.25, 0.3) is 21.5 Å². The molecule has 4 aromatic carbocycles. The number of carbonyl (C=O) groups is 3. The van der Waals surface area contributed by atoms with Crippen molar-refractivity contribution in [1.29, 1.82) is 0 Å². The van der Waals surface area contributed by atoms with Crippen molar-refractivity contribution in [3.8, 4) is 12.0 Å². The van der Waals surface area contributed by atoms with Crippen molar-refractivity contribution < 1.29 is 43.5 Å².